The van der Waals surface area contributed by atoms with Gasteiger partial charge in [-0.2, -0.15) is 4.31 Å². The average Bonchev–Trinajstić information content (AvgIpc) is 2.81. The molecule has 0 aromatic heterocycles. The summed E-state index contributed by atoms with van der Waals surface area (Å²) in [6.45, 7) is 2.74. The van der Waals surface area contributed by atoms with E-state index in [1.165, 1.54) is 10.4 Å². The molecule has 2 rings (SSSR count). The Morgan fingerprint density at radius 3 is 2.72 bits per heavy atom. The Kier molecular flexibility index (Phi) is 3.96. The van der Waals surface area contributed by atoms with Crippen molar-refractivity contribution in [2.24, 2.45) is 0 Å². The van der Waals surface area contributed by atoms with E-state index >= 15 is 0 Å². The maximum absolute atomic E-state index is 12.4. The highest BCUT2D eigenvalue weighted by atomic mass is 35.5. The Morgan fingerprint density at radius 1 is 1.44 bits per heavy atom. The van der Waals surface area contributed by atoms with Gasteiger partial charge in [-0.3, -0.25) is 0 Å². The summed E-state index contributed by atoms with van der Waals surface area (Å²) in [4.78, 5) is 0.245. The van der Waals surface area contributed by atoms with E-state index in [0.717, 1.165) is 12.0 Å². The zero-order valence-electron chi connectivity index (χ0n) is 10.4. The summed E-state index contributed by atoms with van der Waals surface area (Å²) in [5, 5.41) is 0.471. The number of ether oxygens (including phenoxy) is 1. The van der Waals surface area contributed by atoms with Crippen LogP contribution in [0.25, 0.3) is 0 Å². The van der Waals surface area contributed by atoms with Crippen LogP contribution in [-0.2, 0) is 14.8 Å². The molecule has 1 heterocycles. The fourth-order valence-electron chi connectivity index (χ4n) is 1.99. The van der Waals surface area contributed by atoms with Crippen molar-refractivity contribution in [2.45, 2.75) is 24.3 Å². The largest absolute Gasteiger partial charge is 0.380 e. The van der Waals surface area contributed by atoms with Gasteiger partial charge in [-0.25, -0.2) is 8.42 Å². The number of benzene rings is 1. The third-order valence-corrected chi connectivity index (χ3v) is 5.49. The number of halogens is 1. The Bertz CT molecular complexity index is 544. The van der Waals surface area contributed by atoms with Crippen LogP contribution in [0.15, 0.2) is 23.1 Å². The minimum Gasteiger partial charge on any atom is -0.380 e. The predicted octanol–water partition coefficient (Wildman–Crippen LogP) is 2.06. The molecule has 0 saturated carbocycles. The second kappa shape index (κ2) is 5.17. The molecule has 0 amide bonds. The number of nitrogens with zero attached hydrogens (tertiary/aromatic N) is 1. The second-order valence-corrected chi connectivity index (χ2v) is 6.77. The molecule has 0 spiro atoms. The van der Waals surface area contributed by atoms with Crippen LogP contribution in [0.4, 0.5) is 0 Å². The average molecular weight is 290 g/mol. The van der Waals surface area contributed by atoms with Crippen molar-refractivity contribution in [3.63, 3.8) is 0 Å². The third kappa shape index (κ3) is 2.54. The number of aryl methyl sites for hydroxylation is 1. The summed E-state index contributed by atoms with van der Waals surface area (Å²) >= 11 is 5.97. The fourth-order valence-corrected chi connectivity index (χ4v) is 3.75. The normalized spacial score (nSPS) is 21.4. The van der Waals surface area contributed by atoms with E-state index in [1.807, 2.05) is 6.92 Å². The van der Waals surface area contributed by atoms with Crippen molar-refractivity contribution in [1.82, 2.24) is 4.31 Å². The molecule has 1 saturated heterocycles. The molecule has 6 heteroatoms. The summed E-state index contributed by atoms with van der Waals surface area (Å²) < 4.78 is 31.4. The number of methoxy groups -OCH3 is 1. The lowest BCUT2D eigenvalue weighted by Gasteiger charge is -2.16. The van der Waals surface area contributed by atoms with Gasteiger partial charge in [0.05, 0.1) is 11.0 Å². The van der Waals surface area contributed by atoms with Gasteiger partial charge in [-0.1, -0.05) is 17.7 Å². The molecule has 0 bridgehead atoms. The van der Waals surface area contributed by atoms with E-state index in [-0.39, 0.29) is 11.0 Å². The van der Waals surface area contributed by atoms with Gasteiger partial charge in [0.15, 0.2) is 0 Å². The highest BCUT2D eigenvalue weighted by molar-refractivity contribution is 7.89. The van der Waals surface area contributed by atoms with Crippen LogP contribution in [0, 0.1) is 6.92 Å². The van der Waals surface area contributed by atoms with Crippen molar-refractivity contribution < 1.29 is 13.2 Å². The van der Waals surface area contributed by atoms with Crippen LogP contribution < -0.4 is 0 Å². The zero-order chi connectivity index (χ0) is 13.3. The standard InChI is InChI=1S/C12H16ClNO3S/c1-9-3-4-11(7-12(9)13)18(15,16)14-6-5-10(8-14)17-2/h3-4,7,10H,5-6,8H2,1-2H3. The first kappa shape index (κ1) is 13.8. The van der Waals surface area contributed by atoms with Crippen molar-refractivity contribution in [3.05, 3.63) is 28.8 Å². The van der Waals surface area contributed by atoms with Crippen LogP contribution in [0.5, 0.6) is 0 Å². The van der Waals surface area contributed by atoms with Gasteiger partial charge in [0.2, 0.25) is 10.0 Å². The maximum Gasteiger partial charge on any atom is 0.243 e. The molecule has 18 heavy (non-hydrogen) atoms. The molecule has 1 aromatic rings. The molecule has 4 nitrogen and oxygen atoms in total. The van der Waals surface area contributed by atoms with Gasteiger partial charge in [0, 0.05) is 25.2 Å². The van der Waals surface area contributed by atoms with Gasteiger partial charge in [-0.15, -0.1) is 0 Å². The molecule has 1 aliphatic rings. The summed E-state index contributed by atoms with van der Waals surface area (Å²) in [7, 11) is -1.85. The number of rotatable bonds is 3. The minimum absolute atomic E-state index is 0.0132. The molecule has 1 fully saturated rings. The lowest BCUT2D eigenvalue weighted by Crippen LogP contribution is -2.30. The van der Waals surface area contributed by atoms with Crippen LogP contribution in [0.2, 0.25) is 5.02 Å². The van der Waals surface area contributed by atoms with Gasteiger partial charge in [-0.05, 0) is 31.0 Å². The first-order valence-electron chi connectivity index (χ1n) is 5.74. The Balaban J connectivity index is 2.28. The first-order chi connectivity index (χ1) is 8.45. The van der Waals surface area contributed by atoms with Gasteiger partial charge in [0.25, 0.3) is 0 Å². The van der Waals surface area contributed by atoms with E-state index in [1.54, 1.807) is 19.2 Å². The third-order valence-electron chi connectivity index (χ3n) is 3.22. The van der Waals surface area contributed by atoms with E-state index in [0.29, 0.717) is 18.1 Å². The van der Waals surface area contributed by atoms with Crippen LogP contribution in [0.1, 0.15) is 12.0 Å². The molecule has 0 radical (unpaired) electrons. The Morgan fingerprint density at radius 2 is 2.17 bits per heavy atom. The van der Waals surface area contributed by atoms with Gasteiger partial charge >= 0.3 is 0 Å². The lowest BCUT2D eigenvalue weighted by molar-refractivity contribution is 0.115. The molecular formula is C12H16ClNO3S. The topological polar surface area (TPSA) is 46.6 Å². The highest BCUT2D eigenvalue weighted by Gasteiger charge is 2.32. The van der Waals surface area contributed by atoms with Crippen molar-refractivity contribution in [1.29, 1.82) is 0 Å². The monoisotopic (exact) mass is 289 g/mol. The van der Waals surface area contributed by atoms with Crippen molar-refractivity contribution in [2.75, 3.05) is 20.2 Å². The zero-order valence-corrected chi connectivity index (χ0v) is 12.0. The van der Waals surface area contributed by atoms with Crippen molar-refractivity contribution >= 4 is 21.6 Å². The predicted molar refractivity (Wildman–Crippen MR) is 70.4 cm³/mol. The van der Waals surface area contributed by atoms with Crippen molar-refractivity contribution in [3.8, 4) is 0 Å². The molecule has 1 aromatic carbocycles. The lowest BCUT2D eigenvalue weighted by atomic mass is 10.2. The van der Waals surface area contributed by atoms with E-state index < -0.39 is 10.0 Å². The van der Waals surface area contributed by atoms with E-state index in [4.69, 9.17) is 16.3 Å². The van der Waals surface area contributed by atoms with Gasteiger partial charge in [0.1, 0.15) is 0 Å². The number of hydrogen-bond donors (Lipinski definition) is 0. The number of sulfonamides is 1. The molecule has 1 unspecified atom stereocenters. The Hall–Kier alpha value is -0.620. The molecule has 1 aliphatic heterocycles. The van der Waals surface area contributed by atoms with E-state index in [2.05, 4.69) is 0 Å². The summed E-state index contributed by atoms with van der Waals surface area (Å²) in [5.41, 5.74) is 0.867. The minimum atomic E-state index is -3.45. The molecule has 0 aliphatic carbocycles. The van der Waals surface area contributed by atoms with Crippen LogP contribution >= 0.6 is 11.6 Å². The Labute approximate surface area is 113 Å². The highest BCUT2D eigenvalue weighted by Crippen LogP contribution is 2.25. The molecule has 1 atom stereocenters. The smallest absolute Gasteiger partial charge is 0.243 e. The quantitative estimate of drug-likeness (QED) is 0.856. The summed E-state index contributed by atoms with van der Waals surface area (Å²) in [5.74, 6) is 0. The first-order valence-corrected chi connectivity index (χ1v) is 7.56. The van der Waals surface area contributed by atoms with E-state index in [9.17, 15) is 8.42 Å². The maximum atomic E-state index is 12.4. The van der Waals surface area contributed by atoms with Crippen LogP contribution in [0.3, 0.4) is 0 Å². The summed E-state index contributed by atoms with van der Waals surface area (Å²) in [6.07, 6.45) is 0.718. The SMILES string of the molecule is COC1CCN(S(=O)(=O)c2ccc(C)c(Cl)c2)C1. The number of hydrogen-bond acceptors (Lipinski definition) is 3. The van der Waals surface area contributed by atoms with Gasteiger partial charge < -0.3 is 4.74 Å². The molecular weight excluding hydrogens is 274 g/mol. The molecule has 0 N–H and O–H groups in total. The summed E-state index contributed by atoms with van der Waals surface area (Å²) in [6, 6.07) is 4.82. The molecule has 100 valence electrons. The fraction of sp³-hybridized carbons (Fsp3) is 0.500. The van der Waals surface area contributed by atoms with Crippen LogP contribution in [-0.4, -0.2) is 39.0 Å². The second-order valence-electron chi connectivity index (χ2n) is 4.42.